The first-order valence-electron chi connectivity index (χ1n) is 22.5. The second-order valence-corrected chi connectivity index (χ2v) is 16.8. The molecule has 350 valence electrons. The van der Waals surface area contributed by atoms with E-state index in [1.165, 1.54) is 6.92 Å². The van der Waals surface area contributed by atoms with Gasteiger partial charge in [0, 0.05) is 25.8 Å². The molecule has 16 heteroatoms. The first-order valence-corrected chi connectivity index (χ1v) is 22.5. The predicted octanol–water partition coefficient (Wildman–Crippen LogP) is 4.08. The molecule has 0 bridgehead atoms. The molecule has 16 nitrogen and oxygen atoms in total. The number of nitrogens with one attached hydrogen (secondary N) is 5. The number of rotatable bonds is 33. The van der Waals surface area contributed by atoms with Gasteiger partial charge in [0.25, 0.3) is 0 Å². The normalized spacial score (nSPS) is 13.5. The smallest absolute Gasteiger partial charge is 0.326 e. The van der Waals surface area contributed by atoms with Crippen LogP contribution in [0.25, 0.3) is 0 Å². The van der Waals surface area contributed by atoms with Gasteiger partial charge in [0.15, 0.2) is 0 Å². The number of carbonyl (C=O) groups is 7. The van der Waals surface area contributed by atoms with Crippen LogP contribution in [0.15, 0.2) is 54.6 Å². The van der Waals surface area contributed by atoms with Crippen molar-refractivity contribution in [2.45, 2.75) is 167 Å². The Morgan fingerprint density at radius 1 is 0.603 bits per heavy atom. The van der Waals surface area contributed by atoms with Gasteiger partial charge >= 0.3 is 5.97 Å². The van der Waals surface area contributed by atoms with Gasteiger partial charge in [-0.2, -0.15) is 0 Å². The van der Waals surface area contributed by atoms with E-state index in [-0.39, 0.29) is 42.7 Å². The summed E-state index contributed by atoms with van der Waals surface area (Å²) in [6, 6.07) is 11.0. The molecule has 0 unspecified atom stereocenters. The molecule has 2 aromatic carbocycles. The van der Waals surface area contributed by atoms with Crippen LogP contribution >= 0.6 is 0 Å². The highest BCUT2D eigenvalue weighted by Crippen LogP contribution is 2.15. The monoisotopic (exact) mass is 881 g/mol. The molecule has 63 heavy (non-hydrogen) atoms. The Bertz CT molecular complexity index is 1720. The van der Waals surface area contributed by atoms with Gasteiger partial charge in [-0.3, -0.25) is 28.8 Å². The molecule has 6 amide bonds. The van der Waals surface area contributed by atoms with Crippen LogP contribution < -0.4 is 32.3 Å². The molecular weight excluding hydrogens is 809 g/mol. The van der Waals surface area contributed by atoms with Gasteiger partial charge in [-0.15, -0.1) is 0 Å². The second kappa shape index (κ2) is 30.5. The molecule has 0 aliphatic heterocycles. The third kappa shape index (κ3) is 24.1. The molecule has 10 N–H and O–H groups in total. The summed E-state index contributed by atoms with van der Waals surface area (Å²) in [5.41, 5.74) is 6.87. The number of nitrogens with two attached hydrogens (primary N) is 1. The van der Waals surface area contributed by atoms with Gasteiger partial charge in [-0.05, 0) is 61.8 Å². The highest BCUT2D eigenvalue weighted by molar-refractivity contribution is 5.94. The number of unbranched alkanes of at least 4 members (excludes halogenated alkanes) is 11. The molecule has 0 heterocycles. The van der Waals surface area contributed by atoms with E-state index in [0.717, 1.165) is 69.8 Å². The summed E-state index contributed by atoms with van der Waals surface area (Å²) in [5, 5.41) is 42.8. The van der Waals surface area contributed by atoms with Gasteiger partial charge in [0.1, 0.15) is 29.9 Å². The minimum absolute atomic E-state index is 0.0388. The number of carbonyl (C=O) groups excluding carboxylic acids is 6. The first kappa shape index (κ1) is 53.6. The number of aliphatic hydroxyl groups is 1. The Kier molecular flexibility index (Phi) is 26.0. The zero-order valence-corrected chi connectivity index (χ0v) is 37.4. The number of carboxylic acids is 1. The van der Waals surface area contributed by atoms with Gasteiger partial charge in [0.2, 0.25) is 35.4 Å². The summed E-state index contributed by atoms with van der Waals surface area (Å²) in [7, 11) is 0. The molecule has 5 atom stereocenters. The molecule has 0 aliphatic rings. The Hall–Kier alpha value is -5.51. The van der Waals surface area contributed by atoms with Crippen LogP contribution in [0.2, 0.25) is 0 Å². The Morgan fingerprint density at radius 2 is 1.13 bits per heavy atom. The number of aliphatic carboxylic acids is 1. The lowest BCUT2D eigenvalue weighted by molar-refractivity contribution is -0.142. The van der Waals surface area contributed by atoms with Crippen molar-refractivity contribution in [2.75, 3.05) is 6.54 Å². The zero-order chi connectivity index (χ0) is 46.6. The van der Waals surface area contributed by atoms with Gasteiger partial charge < -0.3 is 47.6 Å². The topological polar surface area (TPSA) is 266 Å². The maximum Gasteiger partial charge on any atom is 0.326 e. The van der Waals surface area contributed by atoms with Gasteiger partial charge in [-0.1, -0.05) is 121 Å². The van der Waals surface area contributed by atoms with Crippen LogP contribution in [0.1, 0.15) is 135 Å². The molecular formula is C47H72N6O10. The van der Waals surface area contributed by atoms with Crippen molar-refractivity contribution < 1.29 is 48.9 Å². The molecule has 0 spiro atoms. The maximum absolute atomic E-state index is 13.2. The van der Waals surface area contributed by atoms with E-state index in [0.29, 0.717) is 37.8 Å². The molecule has 0 fully saturated rings. The number of phenolic OH excluding ortho intramolecular Hbond substituents is 1. The SMILES string of the molecule is CC(C)C[C@H](NC(=O)[C@@H](NC(=O)CCCCCCCCCCCCCCC(=O)N[C@@H](CC(N)=O)C(=O)N[C@@H](Cc1ccccc1)C(=O)O)[C@@H](C)O)C(=O)NCCc1cccc(O)c1. The van der Waals surface area contributed by atoms with Crippen LogP contribution in [-0.4, -0.2) is 93.5 Å². The van der Waals surface area contributed by atoms with Gasteiger partial charge in [0.05, 0.1) is 12.5 Å². The number of hydrogen-bond donors (Lipinski definition) is 9. The summed E-state index contributed by atoms with van der Waals surface area (Å²) in [6.07, 6.45) is 11.0. The first-order chi connectivity index (χ1) is 30.0. The predicted molar refractivity (Wildman–Crippen MR) is 240 cm³/mol. The highest BCUT2D eigenvalue weighted by atomic mass is 16.4. The number of amides is 6. The molecule has 2 aromatic rings. The van der Waals surface area contributed by atoms with Crippen molar-refractivity contribution >= 4 is 41.4 Å². The summed E-state index contributed by atoms with van der Waals surface area (Å²) in [5.74, 6) is -4.32. The van der Waals surface area contributed by atoms with E-state index in [4.69, 9.17) is 5.73 Å². The molecule has 0 radical (unpaired) electrons. The van der Waals surface area contributed by atoms with Crippen molar-refractivity contribution in [3.63, 3.8) is 0 Å². The summed E-state index contributed by atoms with van der Waals surface area (Å²) in [6.45, 7) is 5.60. The number of hydrogen-bond acceptors (Lipinski definition) is 9. The van der Waals surface area contributed by atoms with Crippen LogP contribution in [0, 0.1) is 5.92 Å². The highest BCUT2D eigenvalue weighted by Gasteiger charge is 2.31. The number of aliphatic hydroxyl groups excluding tert-OH is 1. The average molecular weight is 881 g/mol. The van der Waals surface area contributed by atoms with E-state index in [2.05, 4.69) is 26.6 Å². The molecule has 0 saturated carbocycles. The van der Waals surface area contributed by atoms with Crippen molar-refractivity contribution in [1.82, 2.24) is 26.6 Å². The number of phenols is 1. The van der Waals surface area contributed by atoms with Gasteiger partial charge in [-0.25, -0.2) is 4.79 Å². The number of primary amides is 1. The minimum Gasteiger partial charge on any atom is -0.508 e. The maximum atomic E-state index is 13.2. The molecule has 0 aliphatic carbocycles. The quantitative estimate of drug-likeness (QED) is 0.0464. The lowest BCUT2D eigenvalue weighted by atomic mass is 10.0. The van der Waals surface area contributed by atoms with E-state index in [9.17, 15) is 48.9 Å². The standard InChI is InChI=1S/C47H72N6O10/c1-32(2)28-37(44(59)49-27-26-35-22-19-23-36(55)29-35)51-46(61)43(33(3)54)53-42(58)25-18-13-11-9-7-5-4-6-8-10-12-17-24-41(57)50-38(31-40(48)56)45(60)52-39(47(62)63)30-34-20-15-14-16-21-34/h14-16,19-23,29,32-33,37-39,43,54-55H,4-13,17-18,24-28,30-31H2,1-3H3,(H2,48,56)(H,49,59)(H,50,57)(H,51,61)(H,52,60)(H,53,58)(H,62,63)/t33-,37+,38+,39+,43+/m1/s1. The lowest BCUT2D eigenvalue weighted by Crippen LogP contribution is -2.57. The Labute approximate surface area is 372 Å². The van der Waals surface area contributed by atoms with Crippen molar-refractivity contribution in [2.24, 2.45) is 11.7 Å². The Balaban J connectivity index is 1.57. The van der Waals surface area contributed by atoms with Crippen molar-refractivity contribution in [3.8, 4) is 5.75 Å². The third-order valence-corrected chi connectivity index (χ3v) is 10.6. The summed E-state index contributed by atoms with van der Waals surface area (Å²) in [4.78, 5) is 87.8. The van der Waals surface area contributed by atoms with Crippen LogP contribution in [-0.2, 0) is 46.4 Å². The summed E-state index contributed by atoms with van der Waals surface area (Å²) >= 11 is 0. The average Bonchev–Trinajstić information content (AvgIpc) is 3.22. The van der Waals surface area contributed by atoms with E-state index < -0.39 is 66.3 Å². The molecule has 2 rings (SSSR count). The van der Waals surface area contributed by atoms with Crippen molar-refractivity contribution in [3.05, 3.63) is 65.7 Å². The summed E-state index contributed by atoms with van der Waals surface area (Å²) < 4.78 is 0. The van der Waals surface area contributed by atoms with E-state index in [1.807, 2.05) is 19.9 Å². The number of carboxylic acid groups (broad SMARTS) is 1. The van der Waals surface area contributed by atoms with Crippen LogP contribution in [0.3, 0.4) is 0 Å². The van der Waals surface area contributed by atoms with E-state index in [1.54, 1.807) is 48.5 Å². The molecule has 0 aromatic heterocycles. The Morgan fingerprint density at radius 3 is 1.63 bits per heavy atom. The fraction of sp³-hybridized carbons (Fsp3) is 0.596. The van der Waals surface area contributed by atoms with Crippen LogP contribution in [0.4, 0.5) is 0 Å². The van der Waals surface area contributed by atoms with Crippen molar-refractivity contribution in [1.29, 1.82) is 0 Å². The molecule has 0 saturated heterocycles. The van der Waals surface area contributed by atoms with E-state index >= 15 is 0 Å². The fourth-order valence-electron chi connectivity index (χ4n) is 7.12. The third-order valence-electron chi connectivity index (χ3n) is 10.6. The van der Waals surface area contributed by atoms with Crippen LogP contribution in [0.5, 0.6) is 5.75 Å². The second-order valence-electron chi connectivity index (χ2n) is 16.8. The lowest BCUT2D eigenvalue weighted by Gasteiger charge is -2.25. The zero-order valence-electron chi connectivity index (χ0n) is 37.4. The number of aromatic hydroxyl groups is 1. The number of benzene rings is 2. The minimum atomic E-state index is -1.27. The fourth-order valence-corrected chi connectivity index (χ4v) is 7.12. The largest absolute Gasteiger partial charge is 0.508 e.